The molecule has 0 bridgehead atoms. The first-order chi connectivity index (χ1) is 13.6. The molecule has 0 fully saturated rings. The van der Waals surface area contributed by atoms with E-state index in [0.717, 1.165) is 33.8 Å². The molecule has 2 N–H and O–H groups in total. The van der Waals surface area contributed by atoms with Crippen LogP contribution in [0.1, 0.15) is 28.6 Å². The smallest absolute Gasteiger partial charge is 0.348 e. The molecule has 0 unspecified atom stereocenters. The van der Waals surface area contributed by atoms with Gasteiger partial charge in [0.25, 0.3) is 0 Å². The Hall–Kier alpha value is -3.12. The van der Waals surface area contributed by atoms with Gasteiger partial charge >= 0.3 is 5.97 Å². The van der Waals surface area contributed by atoms with Gasteiger partial charge in [0.1, 0.15) is 10.6 Å². The zero-order valence-electron chi connectivity index (χ0n) is 15.5. The number of para-hydroxylation sites is 1. The Bertz CT molecular complexity index is 963. The van der Waals surface area contributed by atoms with Crippen molar-refractivity contribution in [2.45, 2.75) is 19.8 Å². The van der Waals surface area contributed by atoms with E-state index in [9.17, 15) is 9.59 Å². The number of hydrogen-bond donors (Lipinski definition) is 2. The van der Waals surface area contributed by atoms with Gasteiger partial charge in [0.2, 0.25) is 5.91 Å². The number of anilines is 1. The Labute approximate surface area is 167 Å². The lowest BCUT2D eigenvalue weighted by Gasteiger charge is -2.11. The van der Waals surface area contributed by atoms with E-state index in [0.29, 0.717) is 18.7 Å². The van der Waals surface area contributed by atoms with Crippen molar-refractivity contribution in [1.29, 1.82) is 0 Å². The summed E-state index contributed by atoms with van der Waals surface area (Å²) in [5, 5.41) is 13.4. The number of nitrogens with one attached hydrogen (secondary N) is 1. The van der Waals surface area contributed by atoms with E-state index in [2.05, 4.69) is 5.32 Å². The van der Waals surface area contributed by atoms with Gasteiger partial charge in [-0.25, -0.2) is 4.79 Å². The lowest BCUT2D eigenvalue weighted by molar-refractivity contribution is -0.116. The van der Waals surface area contributed by atoms with Gasteiger partial charge in [-0.15, -0.1) is 11.3 Å². The zero-order chi connectivity index (χ0) is 19.9. The molecule has 1 amide bonds. The van der Waals surface area contributed by atoms with Crippen LogP contribution in [0.25, 0.3) is 11.1 Å². The first-order valence-electron chi connectivity index (χ1n) is 9.00. The van der Waals surface area contributed by atoms with Crippen LogP contribution >= 0.6 is 11.3 Å². The van der Waals surface area contributed by atoms with E-state index in [-0.39, 0.29) is 17.2 Å². The second-order valence-electron chi connectivity index (χ2n) is 6.14. The number of aromatic carboxylic acids is 1. The second kappa shape index (κ2) is 9.19. The number of carboxylic acid groups (broad SMARTS) is 1. The number of amides is 1. The highest BCUT2D eigenvalue weighted by molar-refractivity contribution is 7.12. The number of thiophene rings is 1. The van der Waals surface area contributed by atoms with Gasteiger partial charge in [0.05, 0.1) is 12.3 Å². The summed E-state index contributed by atoms with van der Waals surface area (Å²) in [4.78, 5) is 23.4. The third-order valence-electron chi connectivity index (χ3n) is 4.23. The third-order valence-corrected chi connectivity index (χ3v) is 5.13. The van der Waals surface area contributed by atoms with Crippen molar-refractivity contribution in [3.8, 4) is 16.9 Å². The Kier molecular flexibility index (Phi) is 6.45. The fraction of sp³-hybridized carbons (Fsp3) is 0.182. The van der Waals surface area contributed by atoms with Crippen LogP contribution in [0.4, 0.5) is 5.69 Å². The minimum absolute atomic E-state index is 0.144. The quantitative estimate of drug-likeness (QED) is 0.557. The molecule has 3 rings (SSSR count). The highest BCUT2D eigenvalue weighted by Crippen LogP contribution is 2.30. The maximum Gasteiger partial charge on any atom is 0.348 e. The highest BCUT2D eigenvalue weighted by atomic mass is 32.1. The molecule has 0 aliphatic carbocycles. The normalized spacial score (nSPS) is 10.5. The standard InChI is InChI=1S/C22H21NO4S/c1-2-27-19-6-4-3-5-17(19)16-10-7-15(8-11-16)9-12-20(24)23-18-13-14-28-21(18)22(25)26/h3-8,10-11,13-14H,2,9,12H2,1H3,(H,23,24)(H,25,26). The summed E-state index contributed by atoms with van der Waals surface area (Å²) in [6, 6.07) is 17.5. The van der Waals surface area contributed by atoms with Crippen LogP contribution in [-0.4, -0.2) is 23.6 Å². The second-order valence-corrected chi connectivity index (χ2v) is 7.06. The van der Waals surface area contributed by atoms with Crippen molar-refractivity contribution < 1.29 is 19.4 Å². The number of carbonyl (C=O) groups excluding carboxylic acids is 1. The van der Waals surface area contributed by atoms with Crippen molar-refractivity contribution >= 4 is 28.9 Å². The van der Waals surface area contributed by atoms with Gasteiger partial charge in [0, 0.05) is 12.0 Å². The van der Waals surface area contributed by atoms with Crippen molar-refractivity contribution in [1.82, 2.24) is 0 Å². The fourth-order valence-corrected chi connectivity index (χ4v) is 3.57. The first-order valence-corrected chi connectivity index (χ1v) is 9.88. The molecule has 5 nitrogen and oxygen atoms in total. The van der Waals surface area contributed by atoms with Gasteiger partial charge in [-0.2, -0.15) is 0 Å². The molecular weight excluding hydrogens is 374 g/mol. The summed E-state index contributed by atoms with van der Waals surface area (Å²) in [6.07, 6.45) is 0.857. The van der Waals surface area contributed by atoms with E-state index in [1.165, 1.54) is 0 Å². The molecule has 0 atom stereocenters. The topological polar surface area (TPSA) is 75.6 Å². The molecule has 0 aliphatic rings. The average Bonchev–Trinajstić information content (AvgIpc) is 3.16. The molecule has 0 aliphatic heterocycles. The van der Waals surface area contributed by atoms with Gasteiger partial charge in [-0.3, -0.25) is 4.79 Å². The first kappa shape index (κ1) is 19.6. The lowest BCUT2D eigenvalue weighted by Crippen LogP contribution is -2.13. The molecule has 3 aromatic rings. The number of carbonyl (C=O) groups is 2. The Morgan fingerprint density at radius 2 is 1.82 bits per heavy atom. The molecule has 0 saturated heterocycles. The fourth-order valence-electron chi connectivity index (χ4n) is 2.88. The molecule has 0 spiro atoms. The van der Waals surface area contributed by atoms with Crippen LogP contribution in [0.3, 0.4) is 0 Å². The molecule has 0 radical (unpaired) electrons. The van der Waals surface area contributed by atoms with E-state index in [1.807, 2.05) is 55.5 Å². The summed E-state index contributed by atoms with van der Waals surface area (Å²) in [6.45, 7) is 2.57. The predicted molar refractivity (Wildman–Crippen MR) is 111 cm³/mol. The van der Waals surface area contributed by atoms with Crippen molar-refractivity contribution in [2.24, 2.45) is 0 Å². The number of hydrogen-bond acceptors (Lipinski definition) is 4. The van der Waals surface area contributed by atoms with Crippen LogP contribution in [0.5, 0.6) is 5.75 Å². The molecule has 0 saturated carbocycles. The van der Waals surface area contributed by atoms with Crippen molar-refractivity contribution in [3.05, 3.63) is 70.4 Å². The zero-order valence-corrected chi connectivity index (χ0v) is 16.3. The minimum Gasteiger partial charge on any atom is -0.493 e. The highest BCUT2D eigenvalue weighted by Gasteiger charge is 2.14. The van der Waals surface area contributed by atoms with E-state index in [4.69, 9.17) is 9.84 Å². The van der Waals surface area contributed by atoms with Gasteiger partial charge in [0.15, 0.2) is 0 Å². The Morgan fingerprint density at radius 3 is 2.54 bits per heavy atom. The maximum absolute atomic E-state index is 12.1. The number of rotatable bonds is 8. The average molecular weight is 395 g/mol. The Morgan fingerprint density at radius 1 is 1.07 bits per heavy atom. The van der Waals surface area contributed by atoms with Crippen molar-refractivity contribution in [2.75, 3.05) is 11.9 Å². The predicted octanol–water partition coefficient (Wildman–Crippen LogP) is 5.08. The summed E-state index contributed by atoms with van der Waals surface area (Å²) in [5.74, 6) is -0.387. The monoisotopic (exact) mass is 395 g/mol. The summed E-state index contributed by atoms with van der Waals surface area (Å²) < 4.78 is 5.68. The molecule has 28 heavy (non-hydrogen) atoms. The lowest BCUT2D eigenvalue weighted by atomic mass is 10.0. The number of aryl methyl sites for hydroxylation is 1. The van der Waals surface area contributed by atoms with Crippen molar-refractivity contribution in [3.63, 3.8) is 0 Å². The molecule has 2 aromatic carbocycles. The van der Waals surface area contributed by atoms with Crippen LogP contribution in [0.2, 0.25) is 0 Å². The number of ether oxygens (including phenoxy) is 1. The third kappa shape index (κ3) is 4.78. The van der Waals surface area contributed by atoms with Crippen LogP contribution < -0.4 is 10.1 Å². The molecule has 1 aromatic heterocycles. The molecular formula is C22H21NO4S. The number of carboxylic acids is 1. The van der Waals surface area contributed by atoms with Gasteiger partial charge in [-0.1, -0.05) is 42.5 Å². The van der Waals surface area contributed by atoms with Gasteiger partial charge in [-0.05, 0) is 42.0 Å². The van der Waals surface area contributed by atoms with E-state index in [1.54, 1.807) is 11.4 Å². The SMILES string of the molecule is CCOc1ccccc1-c1ccc(CCC(=O)Nc2ccsc2C(=O)O)cc1. The molecule has 144 valence electrons. The Balaban J connectivity index is 1.61. The molecule has 6 heteroatoms. The summed E-state index contributed by atoms with van der Waals surface area (Å²) in [7, 11) is 0. The summed E-state index contributed by atoms with van der Waals surface area (Å²) in [5.41, 5.74) is 3.48. The van der Waals surface area contributed by atoms with Crippen LogP contribution in [0, 0.1) is 0 Å². The van der Waals surface area contributed by atoms with E-state index < -0.39 is 5.97 Å². The summed E-state index contributed by atoms with van der Waals surface area (Å²) >= 11 is 1.09. The maximum atomic E-state index is 12.1. The number of benzene rings is 2. The van der Waals surface area contributed by atoms with Crippen LogP contribution in [-0.2, 0) is 11.2 Å². The van der Waals surface area contributed by atoms with E-state index >= 15 is 0 Å². The largest absolute Gasteiger partial charge is 0.493 e. The molecule has 1 heterocycles. The van der Waals surface area contributed by atoms with Gasteiger partial charge < -0.3 is 15.2 Å². The minimum atomic E-state index is -1.03. The van der Waals surface area contributed by atoms with Crippen LogP contribution in [0.15, 0.2) is 60.0 Å².